The molecule has 2 fully saturated rings. The molecule has 0 aromatic heterocycles. The third-order valence-electron chi connectivity index (χ3n) is 5.75. The molecule has 0 aromatic carbocycles. The standard InChI is InChI=1S/C21H34/c1-3-7-19-14-16-21(17-15-19)9-6-5-8-20-12-10-18(4-2)11-13-20/h5,8,18-21H,3-4,7,10-17H2,1-2H3/t18-,19-,20-,21-. The first-order chi connectivity index (χ1) is 10.3. The molecular weight excluding hydrogens is 252 g/mol. The second-order valence-electron chi connectivity index (χ2n) is 7.34. The lowest BCUT2D eigenvalue weighted by Crippen LogP contribution is -2.13. The van der Waals surface area contributed by atoms with Crippen LogP contribution < -0.4 is 0 Å². The van der Waals surface area contributed by atoms with Gasteiger partial charge in [-0.05, 0) is 75.2 Å². The van der Waals surface area contributed by atoms with E-state index in [-0.39, 0.29) is 0 Å². The lowest BCUT2D eigenvalue weighted by molar-refractivity contribution is 0.299. The van der Waals surface area contributed by atoms with Gasteiger partial charge in [0.1, 0.15) is 0 Å². The van der Waals surface area contributed by atoms with Gasteiger partial charge in [-0.15, -0.1) is 0 Å². The minimum atomic E-state index is 0.679. The van der Waals surface area contributed by atoms with Crippen molar-refractivity contribution in [2.75, 3.05) is 0 Å². The summed E-state index contributed by atoms with van der Waals surface area (Å²) in [6, 6.07) is 0. The highest BCUT2D eigenvalue weighted by Crippen LogP contribution is 2.32. The summed E-state index contributed by atoms with van der Waals surface area (Å²) in [7, 11) is 0. The zero-order valence-electron chi connectivity index (χ0n) is 14.2. The first-order valence-corrected chi connectivity index (χ1v) is 9.49. The van der Waals surface area contributed by atoms with Gasteiger partial charge in [-0.3, -0.25) is 0 Å². The summed E-state index contributed by atoms with van der Waals surface area (Å²) >= 11 is 0. The Morgan fingerprint density at radius 1 is 0.857 bits per heavy atom. The van der Waals surface area contributed by atoms with Crippen molar-refractivity contribution in [1.29, 1.82) is 0 Å². The van der Waals surface area contributed by atoms with E-state index in [0.717, 1.165) is 17.8 Å². The predicted octanol–water partition coefficient (Wildman–Crippen LogP) is 6.37. The van der Waals surface area contributed by atoms with Gasteiger partial charge in [-0.1, -0.05) is 51.0 Å². The van der Waals surface area contributed by atoms with E-state index >= 15 is 0 Å². The van der Waals surface area contributed by atoms with E-state index in [1.54, 1.807) is 0 Å². The Kier molecular flexibility index (Phi) is 7.42. The minimum Gasteiger partial charge on any atom is -0.0951 e. The Morgan fingerprint density at radius 3 is 2.14 bits per heavy atom. The maximum absolute atomic E-state index is 3.51. The molecule has 0 heteroatoms. The van der Waals surface area contributed by atoms with Crippen molar-refractivity contribution < 1.29 is 0 Å². The monoisotopic (exact) mass is 286 g/mol. The maximum atomic E-state index is 3.51. The molecule has 118 valence electrons. The zero-order chi connectivity index (χ0) is 14.9. The van der Waals surface area contributed by atoms with Gasteiger partial charge in [-0.25, -0.2) is 0 Å². The predicted molar refractivity (Wildman–Crippen MR) is 93.0 cm³/mol. The van der Waals surface area contributed by atoms with E-state index in [4.69, 9.17) is 0 Å². The third kappa shape index (κ3) is 5.90. The largest absolute Gasteiger partial charge is 0.0951 e. The van der Waals surface area contributed by atoms with Gasteiger partial charge in [0.15, 0.2) is 0 Å². The van der Waals surface area contributed by atoms with E-state index in [1.807, 2.05) is 0 Å². The Balaban J connectivity index is 1.66. The summed E-state index contributed by atoms with van der Waals surface area (Å²) in [4.78, 5) is 0. The fraction of sp³-hybridized carbons (Fsp3) is 0.810. The molecule has 0 aliphatic heterocycles. The van der Waals surface area contributed by atoms with Crippen molar-refractivity contribution in [2.24, 2.45) is 23.7 Å². The van der Waals surface area contributed by atoms with Gasteiger partial charge < -0.3 is 0 Å². The zero-order valence-corrected chi connectivity index (χ0v) is 14.2. The van der Waals surface area contributed by atoms with Crippen LogP contribution in [0.2, 0.25) is 0 Å². The first kappa shape index (κ1) is 16.7. The van der Waals surface area contributed by atoms with Crippen LogP contribution >= 0.6 is 0 Å². The molecular formula is C21H34. The Hall–Kier alpha value is -0.700. The van der Waals surface area contributed by atoms with Crippen LogP contribution in [0.15, 0.2) is 12.2 Å². The first-order valence-electron chi connectivity index (χ1n) is 9.49. The molecule has 0 saturated heterocycles. The molecule has 0 heterocycles. The summed E-state index contributed by atoms with van der Waals surface area (Å²) in [5.41, 5.74) is 0. The van der Waals surface area contributed by atoms with Crippen LogP contribution in [0.1, 0.15) is 84.5 Å². The number of hydrogen-bond donors (Lipinski definition) is 0. The number of rotatable bonds is 4. The van der Waals surface area contributed by atoms with Crippen molar-refractivity contribution in [3.63, 3.8) is 0 Å². The van der Waals surface area contributed by atoms with E-state index in [0.29, 0.717) is 5.92 Å². The second kappa shape index (κ2) is 9.34. The molecule has 0 N–H and O–H groups in total. The number of allylic oxidation sites excluding steroid dienone is 2. The van der Waals surface area contributed by atoms with Gasteiger partial charge in [0.25, 0.3) is 0 Å². The fourth-order valence-electron chi connectivity index (χ4n) is 4.14. The Bertz CT molecular complexity index is 351. The van der Waals surface area contributed by atoms with Crippen molar-refractivity contribution in [3.8, 4) is 11.8 Å². The van der Waals surface area contributed by atoms with E-state index in [2.05, 4.69) is 37.8 Å². The number of hydrogen-bond acceptors (Lipinski definition) is 0. The normalized spacial score (nSPS) is 33.6. The van der Waals surface area contributed by atoms with Crippen LogP contribution in [0.5, 0.6) is 0 Å². The van der Waals surface area contributed by atoms with Crippen LogP contribution in [0.3, 0.4) is 0 Å². The van der Waals surface area contributed by atoms with Crippen LogP contribution in [0, 0.1) is 35.5 Å². The molecule has 21 heavy (non-hydrogen) atoms. The molecule has 0 nitrogen and oxygen atoms in total. The van der Waals surface area contributed by atoms with Crippen molar-refractivity contribution in [1.82, 2.24) is 0 Å². The average Bonchev–Trinajstić information content (AvgIpc) is 2.54. The molecule has 0 amide bonds. The molecule has 0 spiro atoms. The average molecular weight is 287 g/mol. The molecule has 2 aliphatic carbocycles. The smallest absolute Gasteiger partial charge is 0.0206 e. The van der Waals surface area contributed by atoms with E-state index < -0.39 is 0 Å². The highest BCUT2D eigenvalue weighted by atomic mass is 14.2. The second-order valence-corrected chi connectivity index (χ2v) is 7.34. The molecule has 0 bridgehead atoms. The van der Waals surface area contributed by atoms with Gasteiger partial charge in [0.05, 0.1) is 0 Å². The highest BCUT2D eigenvalue weighted by molar-refractivity contribution is 5.18. The van der Waals surface area contributed by atoms with Crippen LogP contribution in [0.4, 0.5) is 0 Å². The van der Waals surface area contributed by atoms with Crippen LogP contribution in [0.25, 0.3) is 0 Å². The maximum Gasteiger partial charge on any atom is 0.0206 e. The molecule has 2 saturated carbocycles. The molecule has 0 radical (unpaired) electrons. The lowest BCUT2D eigenvalue weighted by atomic mass is 9.80. The van der Waals surface area contributed by atoms with E-state index in [1.165, 1.54) is 70.6 Å². The van der Waals surface area contributed by atoms with Crippen molar-refractivity contribution >= 4 is 0 Å². The lowest BCUT2D eigenvalue weighted by Gasteiger charge is -2.25. The van der Waals surface area contributed by atoms with Gasteiger partial charge in [-0.2, -0.15) is 0 Å². The Labute approximate surface area is 132 Å². The summed E-state index contributed by atoms with van der Waals surface area (Å²) < 4.78 is 0. The molecule has 2 aliphatic rings. The molecule has 2 rings (SSSR count). The van der Waals surface area contributed by atoms with Crippen molar-refractivity contribution in [2.45, 2.75) is 84.5 Å². The summed E-state index contributed by atoms with van der Waals surface area (Å²) in [5.74, 6) is 10.3. The van der Waals surface area contributed by atoms with Gasteiger partial charge in [0, 0.05) is 5.92 Å². The van der Waals surface area contributed by atoms with Crippen LogP contribution in [-0.4, -0.2) is 0 Å². The molecule has 0 atom stereocenters. The SMILES string of the molecule is CCC[C@H]1CC[C@H](C#CC=C[C@H]2CC[C@H](CC)CC2)CC1. The van der Waals surface area contributed by atoms with Gasteiger partial charge in [0.2, 0.25) is 0 Å². The van der Waals surface area contributed by atoms with Crippen LogP contribution in [-0.2, 0) is 0 Å². The minimum absolute atomic E-state index is 0.679. The van der Waals surface area contributed by atoms with Crippen molar-refractivity contribution in [3.05, 3.63) is 12.2 Å². The van der Waals surface area contributed by atoms with E-state index in [9.17, 15) is 0 Å². The topological polar surface area (TPSA) is 0 Å². The summed E-state index contributed by atoms with van der Waals surface area (Å²) in [6.07, 6.45) is 19.9. The summed E-state index contributed by atoms with van der Waals surface area (Å²) in [5, 5.41) is 0. The molecule has 0 aromatic rings. The highest BCUT2D eigenvalue weighted by Gasteiger charge is 2.19. The van der Waals surface area contributed by atoms with Gasteiger partial charge >= 0.3 is 0 Å². The Morgan fingerprint density at radius 2 is 1.52 bits per heavy atom. The fourth-order valence-corrected chi connectivity index (χ4v) is 4.14. The molecule has 0 unspecified atom stereocenters. The quantitative estimate of drug-likeness (QED) is 0.527. The third-order valence-corrected chi connectivity index (χ3v) is 5.75. The summed E-state index contributed by atoms with van der Waals surface area (Å²) in [6.45, 7) is 4.65.